The van der Waals surface area contributed by atoms with E-state index in [-0.39, 0.29) is 17.6 Å². The maximum absolute atomic E-state index is 12.8. The molecule has 2 aromatic carbocycles. The first-order chi connectivity index (χ1) is 11.5. The van der Waals surface area contributed by atoms with E-state index in [1.54, 1.807) is 36.4 Å². The molecule has 0 heterocycles. The van der Waals surface area contributed by atoms with Crippen LogP contribution in [0.5, 0.6) is 5.75 Å². The van der Waals surface area contributed by atoms with Gasteiger partial charge in [0, 0.05) is 18.7 Å². The van der Waals surface area contributed by atoms with E-state index in [0.29, 0.717) is 22.7 Å². The number of ether oxygens (including phenoxy) is 1. The molecular weight excluding hydrogens is 311 g/mol. The van der Waals surface area contributed by atoms with Crippen molar-refractivity contribution in [3.63, 3.8) is 0 Å². The van der Waals surface area contributed by atoms with Crippen LogP contribution in [0.15, 0.2) is 48.5 Å². The van der Waals surface area contributed by atoms with E-state index in [1.165, 1.54) is 32.2 Å². The topological polar surface area (TPSA) is 67.4 Å². The van der Waals surface area contributed by atoms with Crippen molar-refractivity contribution in [2.45, 2.75) is 6.92 Å². The van der Waals surface area contributed by atoms with Gasteiger partial charge in [-0.2, -0.15) is 0 Å². The molecule has 2 rings (SSSR count). The van der Waals surface area contributed by atoms with Gasteiger partial charge in [-0.15, -0.1) is 0 Å². The van der Waals surface area contributed by atoms with Crippen LogP contribution in [0.1, 0.15) is 12.5 Å². The zero-order chi connectivity index (χ0) is 17.5. The van der Waals surface area contributed by atoms with Crippen LogP contribution in [0, 0.1) is 5.82 Å². The van der Waals surface area contributed by atoms with Crippen molar-refractivity contribution in [1.29, 1.82) is 0 Å². The number of methoxy groups -OCH3 is 1. The molecule has 0 aliphatic heterocycles. The Hall–Kier alpha value is -3.15. The van der Waals surface area contributed by atoms with Crippen molar-refractivity contribution >= 4 is 29.3 Å². The molecule has 0 atom stereocenters. The number of hydrogen-bond acceptors (Lipinski definition) is 3. The third-order valence-electron chi connectivity index (χ3n) is 3.07. The lowest BCUT2D eigenvalue weighted by molar-refractivity contribution is -0.114. The molecule has 0 aliphatic carbocycles. The van der Waals surface area contributed by atoms with E-state index < -0.39 is 0 Å². The van der Waals surface area contributed by atoms with Crippen molar-refractivity contribution in [3.8, 4) is 5.75 Å². The Balaban J connectivity index is 2.08. The highest BCUT2D eigenvalue weighted by molar-refractivity contribution is 6.02. The Kier molecular flexibility index (Phi) is 5.68. The fraction of sp³-hybridized carbons (Fsp3) is 0.111. The van der Waals surface area contributed by atoms with Gasteiger partial charge in [-0.05, 0) is 42.0 Å². The number of anilines is 2. The highest BCUT2D eigenvalue weighted by Gasteiger charge is 2.07. The van der Waals surface area contributed by atoms with E-state index in [2.05, 4.69) is 10.6 Å². The van der Waals surface area contributed by atoms with Crippen molar-refractivity contribution in [2.24, 2.45) is 0 Å². The zero-order valence-corrected chi connectivity index (χ0v) is 13.3. The predicted octanol–water partition coefficient (Wildman–Crippen LogP) is 3.44. The van der Waals surface area contributed by atoms with Crippen LogP contribution in [0.25, 0.3) is 6.08 Å². The largest absolute Gasteiger partial charge is 0.495 e. The van der Waals surface area contributed by atoms with Gasteiger partial charge in [-0.1, -0.05) is 12.1 Å². The molecule has 0 fully saturated rings. The normalized spacial score (nSPS) is 10.5. The van der Waals surface area contributed by atoms with Gasteiger partial charge in [0.15, 0.2) is 0 Å². The lowest BCUT2D eigenvalue weighted by atomic mass is 10.2. The summed E-state index contributed by atoms with van der Waals surface area (Å²) in [5, 5.41) is 5.31. The maximum Gasteiger partial charge on any atom is 0.248 e. The van der Waals surface area contributed by atoms with Gasteiger partial charge in [0.1, 0.15) is 11.6 Å². The minimum absolute atomic E-state index is 0.243. The highest BCUT2D eigenvalue weighted by atomic mass is 19.1. The molecule has 0 spiro atoms. The average Bonchev–Trinajstić information content (AvgIpc) is 2.54. The van der Waals surface area contributed by atoms with Gasteiger partial charge < -0.3 is 15.4 Å². The lowest BCUT2D eigenvalue weighted by Gasteiger charge is -2.11. The Labute approximate surface area is 139 Å². The molecule has 0 saturated heterocycles. The molecule has 24 heavy (non-hydrogen) atoms. The maximum atomic E-state index is 12.8. The molecule has 0 radical (unpaired) electrons. The molecular formula is C18H17FN2O3. The van der Waals surface area contributed by atoms with Crippen LogP contribution >= 0.6 is 0 Å². The summed E-state index contributed by atoms with van der Waals surface area (Å²) in [6.45, 7) is 1.39. The van der Waals surface area contributed by atoms with E-state index in [0.717, 1.165) is 0 Å². The molecule has 0 aromatic heterocycles. The zero-order valence-electron chi connectivity index (χ0n) is 13.3. The fourth-order valence-corrected chi connectivity index (χ4v) is 2.00. The van der Waals surface area contributed by atoms with Gasteiger partial charge >= 0.3 is 0 Å². The number of benzene rings is 2. The summed E-state index contributed by atoms with van der Waals surface area (Å²) >= 11 is 0. The van der Waals surface area contributed by atoms with E-state index >= 15 is 0 Å². The van der Waals surface area contributed by atoms with Gasteiger partial charge in [0.2, 0.25) is 11.8 Å². The van der Waals surface area contributed by atoms with Gasteiger partial charge in [0.05, 0.1) is 12.8 Å². The van der Waals surface area contributed by atoms with Crippen LogP contribution in [0.4, 0.5) is 15.8 Å². The molecule has 2 amide bonds. The molecule has 0 bridgehead atoms. The summed E-state index contributed by atoms with van der Waals surface area (Å²) in [5.74, 6) is -0.434. The van der Waals surface area contributed by atoms with E-state index in [4.69, 9.17) is 4.74 Å². The summed E-state index contributed by atoms with van der Waals surface area (Å²) < 4.78 is 18.0. The van der Waals surface area contributed by atoms with Crippen molar-refractivity contribution in [3.05, 3.63) is 59.9 Å². The fourth-order valence-electron chi connectivity index (χ4n) is 2.00. The smallest absolute Gasteiger partial charge is 0.248 e. The standard InChI is InChI=1S/C18H17FN2O3/c1-12(22)20-16-11-15(8-9-17(16)24-2)21-18(23)10-5-13-3-6-14(19)7-4-13/h3-11H,1-2H3,(H,20,22)(H,21,23)/b10-5+. The van der Waals surface area contributed by atoms with Crippen molar-refractivity contribution in [2.75, 3.05) is 17.7 Å². The minimum Gasteiger partial charge on any atom is -0.495 e. The molecule has 124 valence electrons. The van der Waals surface area contributed by atoms with Crippen LogP contribution in [-0.2, 0) is 9.59 Å². The number of carbonyl (C=O) groups excluding carboxylic acids is 2. The highest BCUT2D eigenvalue weighted by Crippen LogP contribution is 2.27. The Morgan fingerprint density at radius 2 is 1.79 bits per heavy atom. The summed E-state index contributed by atoms with van der Waals surface area (Å²) in [6, 6.07) is 10.7. The first-order valence-corrected chi connectivity index (χ1v) is 7.18. The summed E-state index contributed by atoms with van der Waals surface area (Å²) in [7, 11) is 1.49. The third kappa shape index (κ3) is 4.95. The monoisotopic (exact) mass is 328 g/mol. The van der Waals surface area contributed by atoms with E-state index in [1.807, 2.05) is 0 Å². The molecule has 0 unspecified atom stereocenters. The number of rotatable bonds is 5. The van der Waals surface area contributed by atoms with Crippen LogP contribution in [-0.4, -0.2) is 18.9 Å². The van der Waals surface area contributed by atoms with E-state index in [9.17, 15) is 14.0 Å². The Morgan fingerprint density at radius 1 is 1.08 bits per heavy atom. The summed E-state index contributed by atoms with van der Waals surface area (Å²) in [6.07, 6.45) is 2.92. The second kappa shape index (κ2) is 7.92. The molecule has 0 saturated carbocycles. The molecule has 2 aromatic rings. The number of carbonyl (C=O) groups is 2. The first kappa shape index (κ1) is 17.2. The van der Waals surface area contributed by atoms with Crippen LogP contribution in [0.2, 0.25) is 0 Å². The first-order valence-electron chi connectivity index (χ1n) is 7.18. The molecule has 2 N–H and O–H groups in total. The van der Waals surface area contributed by atoms with Gasteiger partial charge in [-0.25, -0.2) is 4.39 Å². The SMILES string of the molecule is COc1ccc(NC(=O)/C=C/c2ccc(F)cc2)cc1NC(C)=O. The quantitative estimate of drug-likeness (QED) is 0.826. The number of amides is 2. The Morgan fingerprint density at radius 3 is 2.42 bits per heavy atom. The lowest BCUT2D eigenvalue weighted by Crippen LogP contribution is -2.10. The third-order valence-corrected chi connectivity index (χ3v) is 3.07. The summed E-state index contributed by atoms with van der Waals surface area (Å²) in [5.41, 5.74) is 1.68. The van der Waals surface area contributed by atoms with Crippen molar-refractivity contribution < 1.29 is 18.7 Å². The number of halogens is 1. The van der Waals surface area contributed by atoms with Gasteiger partial charge in [0.25, 0.3) is 0 Å². The van der Waals surface area contributed by atoms with Crippen LogP contribution < -0.4 is 15.4 Å². The predicted molar refractivity (Wildman–Crippen MR) is 91.4 cm³/mol. The van der Waals surface area contributed by atoms with Crippen LogP contribution in [0.3, 0.4) is 0 Å². The van der Waals surface area contributed by atoms with Crippen molar-refractivity contribution in [1.82, 2.24) is 0 Å². The summed E-state index contributed by atoms with van der Waals surface area (Å²) in [4.78, 5) is 23.2. The van der Waals surface area contributed by atoms with Gasteiger partial charge in [-0.3, -0.25) is 9.59 Å². The minimum atomic E-state index is -0.349. The second-order valence-corrected chi connectivity index (χ2v) is 4.97. The molecule has 6 heteroatoms. The second-order valence-electron chi connectivity index (χ2n) is 4.97. The number of hydrogen-bond donors (Lipinski definition) is 2. The molecule has 5 nitrogen and oxygen atoms in total. The molecule has 0 aliphatic rings. The average molecular weight is 328 g/mol. The Bertz CT molecular complexity index is 770. The number of nitrogens with one attached hydrogen (secondary N) is 2.